The van der Waals surface area contributed by atoms with Crippen molar-refractivity contribution in [1.82, 2.24) is 15.0 Å². The van der Waals surface area contributed by atoms with Gasteiger partial charge in [-0.2, -0.15) is 0 Å². The molecular weight excluding hydrogens is 186 g/mol. The van der Waals surface area contributed by atoms with Crippen molar-refractivity contribution < 1.29 is 0 Å². The molecular formula is C9H16ClN3. The highest BCUT2D eigenvalue weighted by molar-refractivity contribution is 6.30. The molecule has 0 amide bonds. The van der Waals surface area contributed by atoms with Gasteiger partial charge in [-0.15, -0.1) is 5.10 Å². The number of aryl methyl sites for hydroxylation is 1. The second kappa shape index (κ2) is 4.61. The number of nitrogens with zero attached hydrogens (tertiary/aromatic N) is 3. The zero-order valence-corrected chi connectivity index (χ0v) is 9.17. The minimum absolute atomic E-state index is 0.350. The topological polar surface area (TPSA) is 30.7 Å². The summed E-state index contributed by atoms with van der Waals surface area (Å²) >= 11 is 6.09. The fraction of sp³-hybridized carbons (Fsp3) is 0.778. The Labute approximate surface area is 84.1 Å². The summed E-state index contributed by atoms with van der Waals surface area (Å²) in [7, 11) is 0. The summed E-state index contributed by atoms with van der Waals surface area (Å²) in [6.45, 7) is 7.16. The van der Waals surface area contributed by atoms with Gasteiger partial charge < -0.3 is 0 Å². The zero-order chi connectivity index (χ0) is 9.84. The van der Waals surface area contributed by atoms with E-state index in [2.05, 4.69) is 31.1 Å². The first-order valence-electron chi connectivity index (χ1n) is 4.75. The Kier molecular flexibility index (Phi) is 3.72. The predicted molar refractivity (Wildman–Crippen MR) is 54.0 cm³/mol. The van der Waals surface area contributed by atoms with E-state index < -0.39 is 0 Å². The van der Waals surface area contributed by atoms with Gasteiger partial charge in [-0.1, -0.05) is 44.0 Å². The fourth-order valence-corrected chi connectivity index (χ4v) is 1.49. The second-order valence-electron chi connectivity index (χ2n) is 3.50. The average molecular weight is 202 g/mol. The van der Waals surface area contributed by atoms with Crippen LogP contribution in [0.1, 0.15) is 45.2 Å². The normalized spacial score (nSPS) is 11.2. The van der Waals surface area contributed by atoms with E-state index in [0.717, 1.165) is 25.1 Å². The maximum absolute atomic E-state index is 6.09. The molecule has 0 saturated heterocycles. The third-order valence-electron chi connectivity index (χ3n) is 1.97. The minimum Gasteiger partial charge on any atom is -0.234 e. The molecule has 0 aliphatic rings. The zero-order valence-electron chi connectivity index (χ0n) is 8.42. The SMILES string of the molecule is CCCCn1nnc(C(C)C)c1Cl. The largest absolute Gasteiger partial charge is 0.234 e. The van der Waals surface area contributed by atoms with Gasteiger partial charge in [-0.25, -0.2) is 4.68 Å². The minimum atomic E-state index is 0.350. The van der Waals surface area contributed by atoms with Gasteiger partial charge >= 0.3 is 0 Å². The lowest BCUT2D eigenvalue weighted by Crippen LogP contribution is -2.00. The van der Waals surface area contributed by atoms with Crippen LogP contribution in [0.25, 0.3) is 0 Å². The highest BCUT2D eigenvalue weighted by Crippen LogP contribution is 2.21. The smallest absolute Gasteiger partial charge is 0.150 e. The molecule has 0 aromatic carbocycles. The first-order valence-corrected chi connectivity index (χ1v) is 5.13. The van der Waals surface area contributed by atoms with Gasteiger partial charge in [0.05, 0.1) is 0 Å². The molecule has 1 rings (SSSR count). The molecule has 0 aliphatic heterocycles. The van der Waals surface area contributed by atoms with E-state index in [4.69, 9.17) is 11.6 Å². The van der Waals surface area contributed by atoms with Crippen LogP contribution in [0.4, 0.5) is 0 Å². The Hall–Kier alpha value is -0.570. The number of aromatic nitrogens is 3. The van der Waals surface area contributed by atoms with Crippen molar-refractivity contribution in [2.45, 2.75) is 46.1 Å². The van der Waals surface area contributed by atoms with Crippen molar-refractivity contribution in [3.05, 3.63) is 10.8 Å². The Bertz CT molecular complexity index is 268. The third-order valence-corrected chi connectivity index (χ3v) is 2.36. The summed E-state index contributed by atoms with van der Waals surface area (Å²) in [5.41, 5.74) is 0.901. The lowest BCUT2D eigenvalue weighted by molar-refractivity contribution is 0.553. The number of unbranched alkanes of at least 4 members (excludes halogenated alkanes) is 1. The molecule has 0 spiro atoms. The molecule has 1 aromatic heterocycles. The van der Waals surface area contributed by atoms with E-state index in [0.29, 0.717) is 11.1 Å². The molecule has 0 atom stereocenters. The average Bonchev–Trinajstić information content (AvgIpc) is 2.43. The van der Waals surface area contributed by atoms with Gasteiger partial charge in [0, 0.05) is 12.5 Å². The van der Waals surface area contributed by atoms with E-state index >= 15 is 0 Å². The lowest BCUT2D eigenvalue weighted by Gasteiger charge is -2.01. The van der Waals surface area contributed by atoms with Crippen LogP contribution in [0.3, 0.4) is 0 Å². The first kappa shape index (κ1) is 10.5. The molecule has 1 heterocycles. The quantitative estimate of drug-likeness (QED) is 0.750. The second-order valence-corrected chi connectivity index (χ2v) is 3.85. The number of rotatable bonds is 4. The monoisotopic (exact) mass is 201 g/mol. The first-order chi connectivity index (χ1) is 6.16. The van der Waals surface area contributed by atoms with Gasteiger partial charge in [-0.05, 0) is 6.42 Å². The number of halogens is 1. The highest BCUT2D eigenvalue weighted by atomic mass is 35.5. The molecule has 13 heavy (non-hydrogen) atoms. The van der Waals surface area contributed by atoms with Crippen LogP contribution in [0.5, 0.6) is 0 Å². The summed E-state index contributed by atoms with van der Waals surface area (Å²) in [6, 6.07) is 0. The fourth-order valence-electron chi connectivity index (χ4n) is 1.12. The maximum atomic E-state index is 6.09. The third kappa shape index (κ3) is 2.44. The highest BCUT2D eigenvalue weighted by Gasteiger charge is 2.12. The molecule has 0 saturated carbocycles. The van der Waals surface area contributed by atoms with E-state index in [1.54, 1.807) is 4.68 Å². The van der Waals surface area contributed by atoms with Gasteiger partial charge in [-0.3, -0.25) is 0 Å². The summed E-state index contributed by atoms with van der Waals surface area (Å²) < 4.78 is 1.78. The van der Waals surface area contributed by atoms with E-state index in [-0.39, 0.29) is 0 Å². The van der Waals surface area contributed by atoms with Crippen LogP contribution in [0.15, 0.2) is 0 Å². The van der Waals surface area contributed by atoms with Gasteiger partial charge in [0.2, 0.25) is 0 Å². The van der Waals surface area contributed by atoms with Gasteiger partial charge in [0.1, 0.15) is 5.69 Å². The summed E-state index contributed by atoms with van der Waals surface area (Å²) in [5, 5.41) is 8.76. The molecule has 0 unspecified atom stereocenters. The van der Waals surface area contributed by atoms with Crippen molar-refractivity contribution in [1.29, 1.82) is 0 Å². The predicted octanol–water partition coefficient (Wildman–Crippen LogP) is 2.86. The van der Waals surface area contributed by atoms with Crippen LogP contribution in [0.2, 0.25) is 5.15 Å². The Balaban J connectivity index is 2.74. The summed E-state index contributed by atoms with van der Waals surface area (Å²) in [6.07, 6.45) is 2.24. The molecule has 74 valence electrons. The van der Waals surface area contributed by atoms with Gasteiger partial charge in [0.15, 0.2) is 5.15 Å². The number of hydrogen-bond donors (Lipinski definition) is 0. The van der Waals surface area contributed by atoms with Crippen molar-refractivity contribution in [3.8, 4) is 0 Å². The van der Waals surface area contributed by atoms with Gasteiger partial charge in [0.25, 0.3) is 0 Å². The Morgan fingerprint density at radius 3 is 2.62 bits per heavy atom. The molecule has 0 radical (unpaired) electrons. The van der Waals surface area contributed by atoms with Crippen molar-refractivity contribution >= 4 is 11.6 Å². The van der Waals surface area contributed by atoms with E-state index in [9.17, 15) is 0 Å². The summed E-state index contributed by atoms with van der Waals surface area (Å²) in [4.78, 5) is 0. The number of hydrogen-bond acceptors (Lipinski definition) is 2. The molecule has 4 heteroatoms. The maximum Gasteiger partial charge on any atom is 0.150 e. The summed E-state index contributed by atoms with van der Waals surface area (Å²) in [5.74, 6) is 0.350. The van der Waals surface area contributed by atoms with Crippen LogP contribution >= 0.6 is 11.6 Å². The molecule has 3 nitrogen and oxygen atoms in total. The van der Waals surface area contributed by atoms with E-state index in [1.807, 2.05) is 0 Å². The van der Waals surface area contributed by atoms with Crippen molar-refractivity contribution in [2.24, 2.45) is 0 Å². The van der Waals surface area contributed by atoms with Crippen LogP contribution < -0.4 is 0 Å². The molecule has 1 aromatic rings. The van der Waals surface area contributed by atoms with E-state index in [1.165, 1.54) is 0 Å². The molecule has 0 aliphatic carbocycles. The van der Waals surface area contributed by atoms with Crippen LogP contribution in [-0.2, 0) is 6.54 Å². The standard InChI is InChI=1S/C9H16ClN3/c1-4-5-6-13-9(10)8(7(2)3)11-12-13/h7H,4-6H2,1-3H3. The van der Waals surface area contributed by atoms with Crippen LogP contribution in [0, 0.1) is 0 Å². The lowest BCUT2D eigenvalue weighted by atomic mass is 10.1. The van der Waals surface area contributed by atoms with Crippen LogP contribution in [-0.4, -0.2) is 15.0 Å². The molecule has 0 N–H and O–H groups in total. The Morgan fingerprint density at radius 1 is 1.46 bits per heavy atom. The Morgan fingerprint density at radius 2 is 2.15 bits per heavy atom. The van der Waals surface area contributed by atoms with Crippen molar-refractivity contribution in [2.75, 3.05) is 0 Å². The molecule has 0 fully saturated rings. The molecule has 0 bridgehead atoms. The van der Waals surface area contributed by atoms with Crippen molar-refractivity contribution in [3.63, 3.8) is 0 Å².